The van der Waals surface area contributed by atoms with E-state index in [2.05, 4.69) is 0 Å². The van der Waals surface area contributed by atoms with Crippen molar-refractivity contribution < 1.29 is 13.6 Å². The van der Waals surface area contributed by atoms with Gasteiger partial charge in [0.1, 0.15) is 20.1 Å². The van der Waals surface area contributed by atoms with Crippen molar-refractivity contribution in [1.29, 1.82) is 0 Å². The number of hydrogen-bond donors (Lipinski definition) is 0. The lowest BCUT2D eigenvalue weighted by atomic mass is 10.3. The van der Waals surface area contributed by atoms with Crippen LogP contribution in [-0.4, -0.2) is 6.61 Å². The van der Waals surface area contributed by atoms with E-state index in [1.807, 2.05) is 0 Å². The molecule has 0 fully saturated rings. The van der Waals surface area contributed by atoms with Gasteiger partial charge in [-0.1, -0.05) is 116 Å². The van der Waals surface area contributed by atoms with E-state index in [0.29, 0.717) is 0 Å². The van der Waals surface area contributed by atoms with Gasteiger partial charge in [0, 0.05) is 11.8 Å². The zero-order valence-electron chi connectivity index (χ0n) is 13.6. The van der Waals surface area contributed by atoms with Crippen LogP contribution in [-0.2, 0) is 16.3 Å². The zero-order chi connectivity index (χ0) is 22.3. The standard InChI is InChI=1S/C14H5Cl10O3PS/c1-2-25-28(29,26-13-9(21)5(17)3(15)6(18)10(13)22)27-14-11(23)7(19)4(16)8(20)12(14)24/h2H2,1H3. The quantitative estimate of drug-likeness (QED) is 0.179. The Morgan fingerprint density at radius 2 is 0.793 bits per heavy atom. The molecule has 15 heteroatoms. The molecule has 29 heavy (non-hydrogen) atoms. The molecule has 0 unspecified atom stereocenters. The molecule has 2 aromatic rings. The third-order valence-corrected chi connectivity index (χ3v) is 9.67. The van der Waals surface area contributed by atoms with Crippen LogP contribution in [0.5, 0.6) is 11.5 Å². The van der Waals surface area contributed by atoms with Crippen LogP contribution in [0.15, 0.2) is 0 Å². The lowest BCUT2D eigenvalue weighted by Crippen LogP contribution is -2.06. The Morgan fingerprint density at radius 1 is 0.552 bits per heavy atom. The molecule has 0 aromatic heterocycles. The maximum atomic E-state index is 6.18. The zero-order valence-corrected chi connectivity index (χ0v) is 22.8. The molecule has 0 saturated heterocycles. The fraction of sp³-hybridized carbons (Fsp3) is 0.143. The Bertz CT molecular complexity index is 898. The molecule has 0 aliphatic carbocycles. The largest absolute Gasteiger partial charge is 0.435 e. The summed E-state index contributed by atoms with van der Waals surface area (Å²) < 4.78 is 16.9. The molecule has 2 rings (SSSR count). The first-order valence-electron chi connectivity index (χ1n) is 7.02. The Balaban J connectivity index is 2.61. The lowest BCUT2D eigenvalue weighted by molar-refractivity contribution is 0.277. The Hall–Kier alpha value is 1.55. The minimum absolute atomic E-state index is 0.0660. The summed E-state index contributed by atoms with van der Waals surface area (Å²) in [4.78, 5) is 0. The van der Waals surface area contributed by atoms with E-state index >= 15 is 0 Å². The van der Waals surface area contributed by atoms with E-state index in [9.17, 15) is 0 Å². The van der Waals surface area contributed by atoms with Crippen molar-refractivity contribution in [3.63, 3.8) is 0 Å². The number of hydrogen-bond acceptors (Lipinski definition) is 4. The monoisotopic (exact) mass is 634 g/mol. The van der Waals surface area contributed by atoms with E-state index in [1.54, 1.807) is 6.92 Å². The summed E-state index contributed by atoms with van der Waals surface area (Å²) in [6.45, 7) is -1.99. The lowest BCUT2D eigenvalue weighted by Gasteiger charge is -2.25. The number of halogens is 10. The fourth-order valence-corrected chi connectivity index (χ4v) is 6.43. The molecule has 0 aliphatic rings. The minimum atomic E-state index is -3.71. The molecule has 0 heterocycles. The van der Waals surface area contributed by atoms with Gasteiger partial charge in [0.05, 0.1) is 36.7 Å². The van der Waals surface area contributed by atoms with Crippen molar-refractivity contribution in [3.8, 4) is 11.5 Å². The van der Waals surface area contributed by atoms with E-state index in [-0.39, 0.29) is 68.3 Å². The second-order valence-electron chi connectivity index (χ2n) is 4.85. The number of rotatable bonds is 6. The van der Waals surface area contributed by atoms with Crippen LogP contribution in [0.4, 0.5) is 0 Å². The van der Waals surface area contributed by atoms with Crippen LogP contribution in [0.1, 0.15) is 6.92 Å². The SMILES string of the molecule is CCOP(=S)(Oc1c(Cl)c(Cl)c(Cl)c(Cl)c1Cl)Oc1c(Cl)c(Cl)c(Cl)c(Cl)c1Cl. The predicted molar refractivity (Wildman–Crippen MR) is 130 cm³/mol. The predicted octanol–water partition coefficient (Wildman–Crippen LogP) is 10.9. The molecule has 0 atom stereocenters. The molecule has 0 spiro atoms. The Kier molecular flexibility index (Phi) is 9.84. The van der Waals surface area contributed by atoms with Gasteiger partial charge in [-0.05, 0) is 6.92 Å². The van der Waals surface area contributed by atoms with Gasteiger partial charge in [0.15, 0.2) is 11.5 Å². The average molecular weight is 639 g/mol. The van der Waals surface area contributed by atoms with Crippen LogP contribution in [0.3, 0.4) is 0 Å². The van der Waals surface area contributed by atoms with Gasteiger partial charge in [-0.2, -0.15) is 0 Å². The van der Waals surface area contributed by atoms with Crippen LogP contribution < -0.4 is 9.05 Å². The Morgan fingerprint density at radius 3 is 1.03 bits per heavy atom. The summed E-state index contributed by atoms with van der Waals surface area (Å²) in [5.74, 6) is -0.411. The summed E-state index contributed by atoms with van der Waals surface area (Å²) in [5, 5.41) is -1.20. The maximum Gasteiger partial charge on any atom is 0.435 e. The third-order valence-electron chi connectivity index (χ3n) is 3.03. The van der Waals surface area contributed by atoms with E-state index in [1.165, 1.54) is 0 Å². The molecule has 0 bridgehead atoms. The van der Waals surface area contributed by atoms with Crippen molar-refractivity contribution >= 4 is 135 Å². The van der Waals surface area contributed by atoms with Crippen LogP contribution >= 0.6 is 123 Å². The molecule has 0 N–H and O–H groups in total. The van der Waals surface area contributed by atoms with Crippen LogP contribution in [0, 0.1) is 0 Å². The molecule has 0 amide bonds. The molecular weight excluding hydrogens is 634 g/mol. The Labute approximate surface area is 221 Å². The summed E-state index contributed by atoms with van der Waals surface area (Å²) in [6, 6.07) is 0. The minimum Gasteiger partial charge on any atom is -0.412 e. The van der Waals surface area contributed by atoms with Crippen molar-refractivity contribution in [1.82, 2.24) is 0 Å². The second kappa shape index (κ2) is 10.7. The maximum absolute atomic E-state index is 6.18. The van der Waals surface area contributed by atoms with Crippen molar-refractivity contribution in [2.75, 3.05) is 6.61 Å². The highest BCUT2D eigenvalue weighted by Crippen LogP contribution is 2.59. The highest BCUT2D eigenvalue weighted by atomic mass is 35.5. The van der Waals surface area contributed by atoms with Gasteiger partial charge in [0.2, 0.25) is 0 Å². The van der Waals surface area contributed by atoms with Gasteiger partial charge in [-0.3, -0.25) is 4.52 Å². The molecule has 160 valence electrons. The molecule has 0 radical (unpaired) electrons. The third kappa shape index (κ3) is 5.55. The highest BCUT2D eigenvalue weighted by molar-refractivity contribution is 8.07. The summed E-state index contributed by atoms with van der Waals surface area (Å²) in [5.41, 5.74) is 0. The van der Waals surface area contributed by atoms with Crippen LogP contribution in [0.2, 0.25) is 50.2 Å². The normalized spacial score (nSPS) is 11.7. The summed E-state index contributed by atoms with van der Waals surface area (Å²) in [7, 11) is 0. The van der Waals surface area contributed by atoms with Gasteiger partial charge in [-0.15, -0.1) is 0 Å². The van der Waals surface area contributed by atoms with E-state index in [4.69, 9.17) is 141 Å². The van der Waals surface area contributed by atoms with Crippen LogP contribution in [0.25, 0.3) is 0 Å². The highest BCUT2D eigenvalue weighted by Gasteiger charge is 2.33. The fourth-order valence-electron chi connectivity index (χ4n) is 1.78. The van der Waals surface area contributed by atoms with Gasteiger partial charge < -0.3 is 9.05 Å². The number of benzene rings is 2. The smallest absolute Gasteiger partial charge is 0.412 e. The van der Waals surface area contributed by atoms with Crippen molar-refractivity contribution in [2.24, 2.45) is 0 Å². The van der Waals surface area contributed by atoms with Gasteiger partial charge in [0.25, 0.3) is 0 Å². The summed E-state index contributed by atoms with van der Waals surface area (Å²) >= 11 is 66.3. The first-order chi connectivity index (χ1) is 13.4. The first-order valence-corrected chi connectivity index (χ1v) is 13.4. The van der Waals surface area contributed by atoms with Crippen molar-refractivity contribution in [2.45, 2.75) is 6.92 Å². The average Bonchev–Trinajstić information content (AvgIpc) is 2.69. The molecular formula is C14H5Cl10O3PS. The molecule has 0 aliphatic heterocycles. The van der Waals surface area contributed by atoms with Gasteiger partial charge >= 0.3 is 6.72 Å². The van der Waals surface area contributed by atoms with Gasteiger partial charge in [-0.25, -0.2) is 0 Å². The summed E-state index contributed by atoms with van der Waals surface area (Å²) in [6.07, 6.45) is 0. The first kappa shape index (κ1) is 26.8. The van der Waals surface area contributed by atoms with E-state index in [0.717, 1.165) is 0 Å². The molecule has 2 aromatic carbocycles. The second-order valence-corrected chi connectivity index (χ2v) is 11.5. The molecule has 3 nitrogen and oxygen atoms in total. The van der Waals surface area contributed by atoms with E-state index < -0.39 is 6.72 Å². The van der Waals surface area contributed by atoms with Crippen molar-refractivity contribution in [3.05, 3.63) is 50.2 Å². The topological polar surface area (TPSA) is 27.7 Å². The molecule has 0 saturated carbocycles.